The molecule has 2 N–H and O–H groups in total. The molecule has 0 radical (unpaired) electrons. The van der Waals surface area contributed by atoms with Crippen molar-refractivity contribution >= 4 is 34.7 Å². The van der Waals surface area contributed by atoms with Crippen LogP contribution in [0.1, 0.15) is 18.0 Å². The summed E-state index contributed by atoms with van der Waals surface area (Å²) in [6, 6.07) is 15.8. The van der Waals surface area contributed by atoms with E-state index in [9.17, 15) is 4.79 Å². The Morgan fingerprint density at radius 2 is 1.97 bits per heavy atom. The van der Waals surface area contributed by atoms with Gasteiger partial charge in [0.2, 0.25) is 11.9 Å². The molecule has 3 aromatic rings. The molecule has 1 aromatic heterocycles. The highest BCUT2D eigenvalue weighted by molar-refractivity contribution is 6.02. The standard InChI is InChI=1S/C28H35N7O3/c1-6-27(36)30-21-18-22(25(37-5)19-24(21)34(4)16-15-33(2)3)31-28-29-14-12-26(32-28)35-23(13-17-38-35)20-10-8-7-9-11-20/h6-12,14,18-19,23H,1,13,15-17H2,2-5H3,(H,30,36)(H,29,31,32)/t23-/m1/s1. The third-order valence-electron chi connectivity index (χ3n) is 6.26. The number of carbonyl (C=O) groups excluding carboxylic acids is 1. The molecule has 0 aliphatic carbocycles. The Kier molecular flexibility index (Phi) is 8.77. The molecule has 0 bridgehead atoms. The van der Waals surface area contributed by atoms with E-state index in [1.54, 1.807) is 13.3 Å². The summed E-state index contributed by atoms with van der Waals surface area (Å²) in [5.74, 6) is 1.30. The Morgan fingerprint density at radius 3 is 2.68 bits per heavy atom. The maximum atomic E-state index is 12.2. The average Bonchev–Trinajstić information content (AvgIpc) is 3.42. The number of aromatic nitrogens is 2. The second-order valence-electron chi connectivity index (χ2n) is 9.23. The van der Waals surface area contributed by atoms with E-state index in [4.69, 9.17) is 14.6 Å². The summed E-state index contributed by atoms with van der Waals surface area (Å²) in [6.07, 6.45) is 3.79. The van der Waals surface area contributed by atoms with Crippen molar-refractivity contribution in [3.05, 3.63) is 72.9 Å². The number of anilines is 5. The summed E-state index contributed by atoms with van der Waals surface area (Å²) in [7, 11) is 7.61. The summed E-state index contributed by atoms with van der Waals surface area (Å²) in [6.45, 7) is 5.78. The number of nitrogens with one attached hydrogen (secondary N) is 2. The number of amides is 1. The van der Waals surface area contributed by atoms with Crippen LogP contribution in [0.3, 0.4) is 0 Å². The molecule has 1 amide bonds. The van der Waals surface area contributed by atoms with Crippen LogP contribution in [0.4, 0.5) is 28.8 Å². The van der Waals surface area contributed by atoms with E-state index in [1.165, 1.54) is 6.08 Å². The first kappa shape index (κ1) is 26.9. The number of hydroxylamine groups is 1. The van der Waals surface area contributed by atoms with Crippen LogP contribution in [0, 0.1) is 0 Å². The molecule has 0 unspecified atom stereocenters. The highest BCUT2D eigenvalue weighted by Gasteiger charge is 2.29. The quantitative estimate of drug-likeness (QED) is 0.362. The van der Waals surface area contributed by atoms with Gasteiger partial charge < -0.3 is 25.2 Å². The number of hydrogen-bond donors (Lipinski definition) is 2. The van der Waals surface area contributed by atoms with Crippen molar-refractivity contribution in [2.75, 3.05) is 68.5 Å². The topological polar surface area (TPSA) is 95.1 Å². The van der Waals surface area contributed by atoms with Gasteiger partial charge in [0.15, 0.2) is 5.82 Å². The second-order valence-corrected chi connectivity index (χ2v) is 9.23. The van der Waals surface area contributed by atoms with Crippen molar-refractivity contribution in [3.8, 4) is 5.75 Å². The lowest BCUT2D eigenvalue weighted by Crippen LogP contribution is -2.29. The molecular formula is C28H35N7O3. The zero-order valence-electron chi connectivity index (χ0n) is 22.3. The highest BCUT2D eigenvalue weighted by Crippen LogP contribution is 2.39. The van der Waals surface area contributed by atoms with Gasteiger partial charge in [-0.25, -0.2) is 10.0 Å². The SMILES string of the molecule is C=CC(=O)Nc1cc(Nc2nccc(N3OCC[C@@H]3c3ccccc3)n2)c(OC)cc1N(C)CCN(C)C. The highest BCUT2D eigenvalue weighted by atomic mass is 16.7. The van der Waals surface area contributed by atoms with Gasteiger partial charge in [0.1, 0.15) is 5.75 Å². The van der Waals surface area contributed by atoms with E-state index in [2.05, 4.69) is 44.1 Å². The number of rotatable bonds is 11. The smallest absolute Gasteiger partial charge is 0.247 e. The van der Waals surface area contributed by atoms with Crippen LogP contribution in [0.15, 0.2) is 67.4 Å². The molecule has 0 saturated carbocycles. The van der Waals surface area contributed by atoms with Crippen LogP contribution in [0.25, 0.3) is 0 Å². The summed E-state index contributed by atoms with van der Waals surface area (Å²) < 4.78 is 5.70. The Bertz CT molecular complexity index is 1250. The minimum Gasteiger partial charge on any atom is -0.494 e. The number of carbonyl (C=O) groups is 1. The number of ether oxygens (including phenoxy) is 1. The fourth-order valence-electron chi connectivity index (χ4n) is 4.23. The molecule has 1 aliphatic heterocycles. The Hall–Kier alpha value is -4.15. The average molecular weight is 518 g/mol. The maximum absolute atomic E-state index is 12.2. The molecule has 0 spiro atoms. The minimum atomic E-state index is -0.306. The fourth-order valence-corrected chi connectivity index (χ4v) is 4.23. The molecular weight excluding hydrogens is 482 g/mol. The van der Waals surface area contributed by atoms with E-state index < -0.39 is 0 Å². The van der Waals surface area contributed by atoms with Gasteiger partial charge in [0.25, 0.3) is 0 Å². The van der Waals surface area contributed by atoms with E-state index in [0.717, 1.165) is 30.8 Å². The number of hydrogen-bond acceptors (Lipinski definition) is 9. The number of likely N-dealkylation sites (N-methyl/N-ethyl adjacent to an activating group) is 2. The lowest BCUT2D eigenvalue weighted by molar-refractivity contribution is -0.111. The fraction of sp³-hybridized carbons (Fsp3) is 0.321. The van der Waals surface area contributed by atoms with Gasteiger partial charge in [-0.3, -0.25) is 9.63 Å². The molecule has 4 rings (SSSR count). The second kappa shape index (κ2) is 12.4. The lowest BCUT2D eigenvalue weighted by atomic mass is 10.0. The monoisotopic (exact) mass is 517 g/mol. The van der Waals surface area contributed by atoms with Crippen molar-refractivity contribution in [3.63, 3.8) is 0 Å². The van der Waals surface area contributed by atoms with Gasteiger partial charge in [-0.1, -0.05) is 36.9 Å². The molecule has 10 nitrogen and oxygen atoms in total. The summed E-state index contributed by atoms with van der Waals surface area (Å²) in [5.41, 5.74) is 3.20. The van der Waals surface area contributed by atoms with Crippen molar-refractivity contribution < 1.29 is 14.4 Å². The van der Waals surface area contributed by atoms with E-state index in [1.807, 2.05) is 62.6 Å². The third kappa shape index (κ3) is 6.39. The Labute approximate surface area is 223 Å². The Morgan fingerprint density at radius 1 is 1.18 bits per heavy atom. The number of nitrogens with zero attached hydrogens (tertiary/aromatic N) is 5. The van der Waals surface area contributed by atoms with Gasteiger partial charge >= 0.3 is 0 Å². The van der Waals surface area contributed by atoms with Crippen LogP contribution in [-0.4, -0.2) is 68.7 Å². The zero-order chi connectivity index (χ0) is 27.1. The Balaban J connectivity index is 1.63. The molecule has 10 heteroatoms. The first-order chi connectivity index (χ1) is 18.4. The molecule has 38 heavy (non-hydrogen) atoms. The third-order valence-corrected chi connectivity index (χ3v) is 6.26. The van der Waals surface area contributed by atoms with E-state index >= 15 is 0 Å². The minimum absolute atomic E-state index is 0.0613. The van der Waals surface area contributed by atoms with Crippen molar-refractivity contribution in [1.82, 2.24) is 14.9 Å². The molecule has 1 saturated heterocycles. The first-order valence-electron chi connectivity index (χ1n) is 12.5. The predicted molar refractivity (Wildman–Crippen MR) is 151 cm³/mol. The van der Waals surface area contributed by atoms with Crippen LogP contribution < -0.4 is 25.3 Å². The summed E-state index contributed by atoms with van der Waals surface area (Å²) in [4.78, 5) is 31.5. The van der Waals surface area contributed by atoms with Crippen molar-refractivity contribution in [2.45, 2.75) is 12.5 Å². The molecule has 200 valence electrons. The normalized spacial score (nSPS) is 14.9. The van der Waals surface area contributed by atoms with Gasteiger partial charge in [-0.2, -0.15) is 4.98 Å². The van der Waals surface area contributed by atoms with Crippen molar-refractivity contribution in [1.29, 1.82) is 0 Å². The van der Waals surface area contributed by atoms with Gasteiger partial charge in [0.05, 0.1) is 36.8 Å². The number of benzene rings is 2. The van der Waals surface area contributed by atoms with Gasteiger partial charge in [0, 0.05) is 44.9 Å². The van der Waals surface area contributed by atoms with Crippen LogP contribution in [0.5, 0.6) is 5.75 Å². The molecule has 1 aliphatic rings. The molecule has 1 atom stereocenters. The summed E-state index contributed by atoms with van der Waals surface area (Å²) >= 11 is 0. The van der Waals surface area contributed by atoms with E-state index in [-0.39, 0.29) is 11.9 Å². The summed E-state index contributed by atoms with van der Waals surface area (Å²) in [5, 5.41) is 8.00. The van der Waals surface area contributed by atoms with Crippen LogP contribution in [0.2, 0.25) is 0 Å². The van der Waals surface area contributed by atoms with Crippen LogP contribution >= 0.6 is 0 Å². The van der Waals surface area contributed by atoms with Crippen molar-refractivity contribution in [2.24, 2.45) is 0 Å². The lowest BCUT2D eigenvalue weighted by Gasteiger charge is -2.26. The predicted octanol–water partition coefficient (Wildman–Crippen LogP) is 4.23. The molecule has 1 fully saturated rings. The van der Waals surface area contributed by atoms with Gasteiger partial charge in [-0.15, -0.1) is 0 Å². The number of methoxy groups -OCH3 is 1. The molecule has 2 heterocycles. The first-order valence-corrected chi connectivity index (χ1v) is 12.5. The van der Waals surface area contributed by atoms with Gasteiger partial charge in [-0.05, 0) is 31.8 Å². The maximum Gasteiger partial charge on any atom is 0.247 e. The zero-order valence-corrected chi connectivity index (χ0v) is 22.3. The molecule has 2 aromatic carbocycles. The van der Waals surface area contributed by atoms with E-state index in [0.29, 0.717) is 35.5 Å². The van der Waals surface area contributed by atoms with Crippen LogP contribution in [-0.2, 0) is 9.63 Å². The largest absolute Gasteiger partial charge is 0.494 e.